The molecule has 4 saturated heterocycles. The molecule has 7 rings (SSSR count). The Balaban J connectivity index is 1.43. The van der Waals surface area contributed by atoms with Crippen LogP contribution in [0.25, 0.3) is 16.8 Å². The van der Waals surface area contributed by atoms with Crippen molar-refractivity contribution < 1.29 is 31.9 Å². The minimum Gasteiger partial charge on any atom is -0.472 e. The normalized spacial score (nSPS) is 24.9. The van der Waals surface area contributed by atoms with Gasteiger partial charge in [-0.05, 0) is 18.6 Å². The molecule has 4 fully saturated rings. The number of pyridine rings is 1. The zero-order valence-corrected chi connectivity index (χ0v) is 17.7. The van der Waals surface area contributed by atoms with Crippen LogP contribution in [0.5, 0.6) is 0 Å². The third kappa shape index (κ3) is 3.12. The Bertz CT molecular complexity index is 1300. The molecule has 0 aromatic carbocycles. The van der Waals surface area contributed by atoms with Gasteiger partial charge in [-0.3, -0.25) is 14.1 Å². The van der Waals surface area contributed by atoms with Gasteiger partial charge in [0.1, 0.15) is 6.07 Å². The van der Waals surface area contributed by atoms with Crippen molar-refractivity contribution in [3.8, 4) is 17.2 Å². The molecular formula is C22H18F3N5O4. The first-order chi connectivity index (χ1) is 16.4. The SMILES string of the molecule is N#Cc1c(C(=O)N2CCC3OC2C3N2CCOC2)nc2c(C(F)(F)F)cc(-c3ccoc3)cn12. The maximum atomic E-state index is 13.9. The number of hydrogen-bond donors (Lipinski definition) is 0. The molecule has 4 aliphatic heterocycles. The lowest BCUT2D eigenvalue weighted by Gasteiger charge is -2.56. The molecule has 3 aromatic heterocycles. The largest absolute Gasteiger partial charge is 0.472 e. The van der Waals surface area contributed by atoms with Gasteiger partial charge < -0.3 is 18.8 Å². The van der Waals surface area contributed by atoms with Gasteiger partial charge in [-0.2, -0.15) is 18.4 Å². The van der Waals surface area contributed by atoms with E-state index >= 15 is 0 Å². The molecule has 0 radical (unpaired) electrons. The van der Waals surface area contributed by atoms with E-state index in [0.29, 0.717) is 38.4 Å². The van der Waals surface area contributed by atoms with Crippen molar-refractivity contribution in [1.82, 2.24) is 19.2 Å². The minimum absolute atomic E-state index is 0.0263. The summed E-state index contributed by atoms with van der Waals surface area (Å²) in [6, 6.07) is 4.27. The lowest BCUT2D eigenvalue weighted by atomic mass is 9.92. The molecular weight excluding hydrogens is 455 g/mol. The number of alkyl halides is 3. The molecule has 0 saturated carbocycles. The molecule has 176 valence electrons. The molecule has 9 nitrogen and oxygen atoms in total. The number of rotatable bonds is 3. The second-order valence-corrected chi connectivity index (χ2v) is 8.46. The fraction of sp³-hybridized carbons (Fsp3) is 0.409. The Morgan fingerprint density at radius 1 is 1.26 bits per heavy atom. The van der Waals surface area contributed by atoms with E-state index in [1.807, 2.05) is 6.07 Å². The number of carbonyl (C=O) groups excluding carboxylic acids is 1. The van der Waals surface area contributed by atoms with E-state index < -0.39 is 29.5 Å². The number of nitriles is 1. The quantitative estimate of drug-likeness (QED) is 0.577. The molecule has 34 heavy (non-hydrogen) atoms. The van der Waals surface area contributed by atoms with Crippen molar-refractivity contribution in [2.75, 3.05) is 26.4 Å². The van der Waals surface area contributed by atoms with Crippen LogP contribution in [0.2, 0.25) is 0 Å². The van der Waals surface area contributed by atoms with Gasteiger partial charge in [0.2, 0.25) is 0 Å². The van der Waals surface area contributed by atoms with Gasteiger partial charge in [0.15, 0.2) is 23.3 Å². The van der Waals surface area contributed by atoms with Gasteiger partial charge in [0, 0.05) is 30.4 Å². The Kier molecular flexibility index (Phi) is 4.70. The van der Waals surface area contributed by atoms with Crippen LogP contribution >= 0.6 is 0 Å². The average Bonchev–Trinajstić information content (AvgIpc) is 3.57. The molecule has 0 N–H and O–H groups in total. The molecule has 3 unspecified atom stereocenters. The molecule has 1 amide bonds. The van der Waals surface area contributed by atoms with Crippen LogP contribution in [0.3, 0.4) is 0 Å². The number of furan rings is 1. The molecule has 0 aliphatic carbocycles. The second-order valence-electron chi connectivity index (χ2n) is 8.46. The summed E-state index contributed by atoms with van der Waals surface area (Å²) < 4.78 is 59.1. The number of nitrogens with zero attached hydrogens (tertiary/aromatic N) is 5. The van der Waals surface area contributed by atoms with E-state index in [4.69, 9.17) is 13.9 Å². The smallest absolute Gasteiger partial charge is 0.420 e. The Hall–Kier alpha value is -3.40. The molecule has 0 spiro atoms. The van der Waals surface area contributed by atoms with E-state index in [1.54, 1.807) is 0 Å². The number of carbonyl (C=O) groups is 1. The standard InChI is InChI=1S/C22H18F3N5O4/c23-22(24,25)14-7-13(12-2-5-32-10-12)9-30-15(8-26)17(27-19(14)30)20(31)29-3-1-16-18(21(29)34-16)28-4-6-33-11-28/h2,5,7,9-10,16,18,21H,1,3-4,6,11H2. The summed E-state index contributed by atoms with van der Waals surface area (Å²) in [5.41, 5.74) is -1.57. The second kappa shape index (κ2) is 7.56. The molecule has 3 atom stereocenters. The predicted molar refractivity (Wildman–Crippen MR) is 108 cm³/mol. The Morgan fingerprint density at radius 3 is 2.76 bits per heavy atom. The first-order valence-electron chi connectivity index (χ1n) is 10.7. The van der Waals surface area contributed by atoms with E-state index in [0.717, 1.165) is 10.5 Å². The van der Waals surface area contributed by atoms with E-state index in [1.165, 1.54) is 29.7 Å². The minimum atomic E-state index is -4.75. The molecule has 3 aromatic rings. The fourth-order valence-corrected chi connectivity index (χ4v) is 4.95. The maximum absolute atomic E-state index is 13.9. The van der Waals surface area contributed by atoms with E-state index in [2.05, 4.69) is 9.88 Å². The highest BCUT2D eigenvalue weighted by molar-refractivity contribution is 5.96. The molecule has 2 bridgehead atoms. The van der Waals surface area contributed by atoms with E-state index in [9.17, 15) is 23.2 Å². The Morgan fingerprint density at radius 2 is 2.12 bits per heavy atom. The first-order valence-corrected chi connectivity index (χ1v) is 10.7. The van der Waals surface area contributed by atoms with Crippen molar-refractivity contribution in [3.05, 3.63) is 47.8 Å². The highest BCUT2D eigenvalue weighted by atomic mass is 19.4. The number of imidazole rings is 1. The van der Waals surface area contributed by atoms with Gasteiger partial charge in [0.05, 0.1) is 43.6 Å². The van der Waals surface area contributed by atoms with Crippen LogP contribution in [-0.4, -0.2) is 69.9 Å². The summed E-state index contributed by atoms with van der Waals surface area (Å²) in [6.45, 7) is 2.11. The van der Waals surface area contributed by atoms with Crippen LogP contribution in [-0.2, 0) is 15.7 Å². The number of halogens is 3. The summed E-state index contributed by atoms with van der Waals surface area (Å²) >= 11 is 0. The van der Waals surface area contributed by atoms with Gasteiger partial charge in [-0.25, -0.2) is 4.98 Å². The highest BCUT2D eigenvalue weighted by Crippen LogP contribution is 2.39. The van der Waals surface area contributed by atoms with Gasteiger partial charge in [-0.1, -0.05) is 0 Å². The maximum Gasteiger partial charge on any atom is 0.420 e. The lowest BCUT2D eigenvalue weighted by Crippen LogP contribution is -2.72. The number of hydrogen-bond acceptors (Lipinski definition) is 7. The number of fused-ring (bicyclic) bond motifs is 3. The van der Waals surface area contributed by atoms with Gasteiger partial charge >= 0.3 is 6.18 Å². The number of ether oxygens (including phenoxy) is 2. The van der Waals surface area contributed by atoms with Crippen LogP contribution in [0, 0.1) is 11.3 Å². The predicted octanol–water partition coefficient (Wildman–Crippen LogP) is 2.71. The summed E-state index contributed by atoms with van der Waals surface area (Å²) in [4.78, 5) is 21.1. The van der Waals surface area contributed by atoms with Crippen molar-refractivity contribution in [3.63, 3.8) is 0 Å². The number of piperidine rings is 1. The van der Waals surface area contributed by atoms with Gasteiger partial charge in [-0.15, -0.1) is 0 Å². The van der Waals surface area contributed by atoms with Crippen LogP contribution in [0.15, 0.2) is 35.3 Å². The van der Waals surface area contributed by atoms with Crippen LogP contribution < -0.4 is 0 Å². The summed E-state index contributed by atoms with van der Waals surface area (Å²) in [5.74, 6) is -0.633. The molecule has 12 heteroatoms. The topological polar surface area (TPSA) is 96.2 Å². The monoisotopic (exact) mass is 473 g/mol. The summed E-state index contributed by atoms with van der Waals surface area (Å²) in [5, 5.41) is 9.83. The van der Waals surface area contributed by atoms with Crippen LogP contribution in [0.4, 0.5) is 13.2 Å². The summed E-state index contributed by atoms with van der Waals surface area (Å²) in [6.07, 6.45) is -0.766. The van der Waals surface area contributed by atoms with Crippen molar-refractivity contribution >= 4 is 11.6 Å². The third-order valence-corrected chi connectivity index (χ3v) is 6.60. The van der Waals surface area contributed by atoms with Crippen molar-refractivity contribution in [2.24, 2.45) is 0 Å². The van der Waals surface area contributed by atoms with Crippen LogP contribution in [0.1, 0.15) is 28.2 Å². The molecule has 4 aliphatic rings. The molecule has 7 heterocycles. The average molecular weight is 473 g/mol. The highest BCUT2D eigenvalue weighted by Gasteiger charge is 2.54. The number of amides is 1. The Labute approximate surface area is 190 Å². The van der Waals surface area contributed by atoms with Gasteiger partial charge in [0.25, 0.3) is 5.91 Å². The van der Waals surface area contributed by atoms with Crippen molar-refractivity contribution in [2.45, 2.75) is 31.0 Å². The fourth-order valence-electron chi connectivity index (χ4n) is 4.95. The zero-order chi connectivity index (χ0) is 23.6. The lowest BCUT2D eigenvalue weighted by molar-refractivity contribution is -0.271. The zero-order valence-electron chi connectivity index (χ0n) is 17.7. The van der Waals surface area contributed by atoms with Crippen molar-refractivity contribution in [1.29, 1.82) is 5.26 Å². The summed E-state index contributed by atoms with van der Waals surface area (Å²) in [7, 11) is 0. The first kappa shape index (κ1) is 21.2. The third-order valence-electron chi connectivity index (χ3n) is 6.60. The van der Waals surface area contributed by atoms with E-state index in [-0.39, 0.29) is 29.1 Å². The number of aromatic nitrogens is 2.